The molecular weight excluding hydrogens is 364 g/mol. The lowest BCUT2D eigenvalue weighted by molar-refractivity contribution is -0.129. The van der Waals surface area contributed by atoms with Crippen LogP contribution in [-0.4, -0.2) is 56.2 Å². The standard InChI is InChI=1S/C14H18N6O3S2/c1-9(2)11-13(21)20(25(22,23)18(11)3)14(24)12-15-16-17-19(12)10-7-5-4-6-8-10/h4-9,11,14,24H,1-3H3. The minimum Gasteiger partial charge on any atom is -0.272 e. The van der Waals surface area contributed by atoms with Gasteiger partial charge in [0.05, 0.1) is 5.69 Å². The van der Waals surface area contributed by atoms with Crippen molar-refractivity contribution in [3.63, 3.8) is 0 Å². The van der Waals surface area contributed by atoms with E-state index in [0.717, 1.165) is 8.61 Å². The van der Waals surface area contributed by atoms with E-state index in [1.807, 2.05) is 6.07 Å². The fourth-order valence-corrected chi connectivity index (χ4v) is 5.06. The number of nitrogens with zero attached hydrogens (tertiary/aromatic N) is 6. The van der Waals surface area contributed by atoms with Gasteiger partial charge in [0.15, 0.2) is 11.2 Å². The minimum absolute atomic E-state index is 0.143. The molecule has 2 atom stereocenters. The number of benzene rings is 1. The number of hydrogen-bond donors (Lipinski definition) is 1. The first kappa shape index (κ1) is 17.8. The summed E-state index contributed by atoms with van der Waals surface area (Å²) in [6, 6.07) is 8.19. The summed E-state index contributed by atoms with van der Waals surface area (Å²) in [6.07, 6.45) is 0. The molecular formula is C14H18N6O3S2. The van der Waals surface area contributed by atoms with Crippen molar-refractivity contribution in [2.24, 2.45) is 5.92 Å². The average Bonchev–Trinajstić information content (AvgIpc) is 3.10. The van der Waals surface area contributed by atoms with Gasteiger partial charge < -0.3 is 0 Å². The first-order valence-corrected chi connectivity index (χ1v) is 9.51. The van der Waals surface area contributed by atoms with E-state index in [0.29, 0.717) is 5.69 Å². The molecule has 134 valence electrons. The molecule has 0 spiro atoms. The van der Waals surface area contributed by atoms with Crippen LogP contribution < -0.4 is 0 Å². The molecule has 1 aliphatic heterocycles. The van der Waals surface area contributed by atoms with Gasteiger partial charge in [0.25, 0.3) is 5.91 Å². The summed E-state index contributed by atoms with van der Waals surface area (Å²) >= 11 is 4.36. The van der Waals surface area contributed by atoms with Gasteiger partial charge in [-0.05, 0) is 28.5 Å². The monoisotopic (exact) mass is 382 g/mol. The van der Waals surface area contributed by atoms with Crippen LogP contribution in [0.25, 0.3) is 5.69 Å². The van der Waals surface area contributed by atoms with Gasteiger partial charge in [-0.2, -0.15) is 17.4 Å². The smallest absolute Gasteiger partial charge is 0.272 e. The van der Waals surface area contributed by atoms with Crippen molar-refractivity contribution in [3.8, 4) is 5.69 Å². The van der Waals surface area contributed by atoms with E-state index in [4.69, 9.17) is 0 Å². The van der Waals surface area contributed by atoms with E-state index in [1.54, 1.807) is 38.1 Å². The maximum Gasteiger partial charge on any atom is 0.308 e. The number of amides is 1. The lowest BCUT2D eigenvalue weighted by Gasteiger charge is -2.21. The zero-order valence-corrected chi connectivity index (χ0v) is 15.6. The molecule has 25 heavy (non-hydrogen) atoms. The molecule has 1 saturated heterocycles. The van der Waals surface area contributed by atoms with Gasteiger partial charge in [0.1, 0.15) is 6.04 Å². The second-order valence-electron chi connectivity index (χ2n) is 6.01. The molecule has 1 aliphatic rings. The Kier molecular flexibility index (Phi) is 4.56. The molecule has 1 aromatic carbocycles. The Morgan fingerprint density at radius 3 is 2.40 bits per heavy atom. The molecule has 0 bridgehead atoms. The summed E-state index contributed by atoms with van der Waals surface area (Å²) in [5, 5.41) is 10.2. The van der Waals surface area contributed by atoms with Crippen molar-refractivity contribution in [3.05, 3.63) is 36.2 Å². The molecule has 0 N–H and O–H groups in total. The summed E-state index contributed by atoms with van der Waals surface area (Å²) in [7, 11) is -2.61. The van der Waals surface area contributed by atoms with Crippen LogP contribution in [0.4, 0.5) is 0 Å². The number of tetrazole rings is 1. The SMILES string of the molecule is CC(C)C1C(=O)N(C(S)c2nnnn2-c2ccccc2)S(=O)(=O)N1C. The van der Waals surface area contributed by atoms with Crippen LogP contribution in [-0.2, 0) is 15.0 Å². The Hall–Kier alpha value is -1.98. The fraction of sp³-hybridized carbons (Fsp3) is 0.429. The van der Waals surface area contributed by atoms with Gasteiger partial charge in [-0.1, -0.05) is 32.0 Å². The first-order chi connectivity index (χ1) is 11.8. The lowest BCUT2D eigenvalue weighted by atomic mass is 10.0. The number of aromatic nitrogens is 4. The zero-order valence-electron chi connectivity index (χ0n) is 13.9. The molecule has 9 nitrogen and oxygen atoms in total. The first-order valence-electron chi connectivity index (χ1n) is 7.59. The quantitative estimate of drug-likeness (QED) is 0.779. The second-order valence-corrected chi connectivity index (χ2v) is 8.36. The highest BCUT2D eigenvalue weighted by Crippen LogP contribution is 2.36. The van der Waals surface area contributed by atoms with Gasteiger partial charge >= 0.3 is 10.2 Å². The van der Waals surface area contributed by atoms with E-state index in [-0.39, 0.29) is 11.7 Å². The Bertz CT molecular complexity index is 883. The Balaban J connectivity index is 2.04. The Labute approximate surface area is 151 Å². The van der Waals surface area contributed by atoms with Crippen LogP contribution in [0.3, 0.4) is 0 Å². The number of para-hydroxylation sites is 1. The van der Waals surface area contributed by atoms with Gasteiger partial charge in [0, 0.05) is 7.05 Å². The van der Waals surface area contributed by atoms with Crippen LogP contribution in [0.15, 0.2) is 30.3 Å². The molecule has 2 aromatic rings. The van der Waals surface area contributed by atoms with Crippen molar-refractivity contribution in [2.75, 3.05) is 7.05 Å². The Morgan fingerprint density at radius 2 is 1.84 bits per heavy atom. The lowest BCUT2D eigenvalue weighted by Crippen LogP contribution is -2.36. The number of rotatable bonds is 4. The normalized spacial score (nSPS) is 21.9. The molecule has 1 amide bonds. The van der Waals surface area contributed by atoms with Crippen LogP contribution in [0.1, 0.15) is 25.0 Å². The zero-order chi connectivity index (χ0) is 18.4. The van der Waals surface area contributed by atoms with E-state index >= 15 is 0 Å². The number of carbonyl (C=O) groups is 1. The summed E-state index contributed by atoms with van der Waals surface area (Å²) in [5.41, 5.74) is 0.638. The summed E-state index contributed by atoms with van der Waals surface area (Å²) in [4.78, 5) is 12.7. The van der Waals surface area contributed by atoms with Crippen molar-refractivity contribution < 1.29 is 13.2 Å². The third-order valence-corrected chi connectivity index (χ3v) is 6.51. The van der Waals surface area contributed by atoms with Gasteiger partial charge in [0.2, 0.25) is 0 Å². The van der Waals surface area contributed by atoms with Crippen LogP contribution in [0.2, 0.25) is 0 Å². The highest BCUT2D eigenvalue weighted by atomic mass is 32.2. The molecule has 3 rings (SSSR count). The molecule has 0 aliphatic carbocycles. The predicted octanol–water partition coefficient (Wildman–Crippen LogP) is 0.634. The van der Waals surface area contributed by atoms with Crippen molar-refractivity contribution in [1.29, 1.82) is 0 Å². The van der Waals surface area contributed by atoms with E-state index in [9.17, 15) is 13.2 Å². The molecule has 0 radical (unpaired) electrons. The van der Waals surface area contributed by atoms with E-state index < -0.39 is 27.5 Å². The molecule has 11 heteroatoms. The number of hydrogen-bond acceptors (Lipinski definition) is 7. The maximum atomic E-state index is 12.7. The second kappa shape index (κ2) is 6.39. The van der Waals surface area contributed by atoms with Crippen molar-refractivity contribution in [2.45, 2.75) is 25.3 Å². The summed E-state index contributed by atoms with van der Waals surface area (Å²) in [6.45, 7) is 3.58. The van der Waals surface area contributed by atoms with Gasteiger partial charge in [-0.25, -0.2) is 4.31 Å². The molecule has 1 fully saturated rings. The third kappa shape index (κ3) is 2.81. The third-order valence-electron chi connectivity index (χ3n) is 4.05. The molecule has 2 unspecified atom stereocenters. The van der Waals surface area contributed by atoms with Gasteiger partial charge in [-0.15, -0.1) is 17.7 Å². The highest BCUT2D eigenvalue weighted by molar-refractivity contribution is 7.89. The minimum atomic E-state index is -4.00. The maximum absolute atomic E-state index is 12.7. The summed E-state index contributed by atoms with van der Waals surface area (Å²) < 4.78 is 28.6. The van der Waals surface area contributed by atoms with E-state index in [2.05, 4.69) is 28.2 Å². The van der Waals surface area contributed by atoms with Crippen LogP contribution in [0.5, 0.6) is 0 Å². The molecule has 2 heterocycles. The fourth-order valence-electron chi connectivity index (χ4n) is 2.85. The number of carbonyl (C=O) groups excluding carboxylic acids is 1. The largest absolute Gasteiger partial charge is 0.308 e. The van der Waals surface area contributed by atoms with E-state index in [1.165, 1.54) is 11.7 Å². The average molecular weight is 382 g/mol. The summed E-state index contributed by atoms with van der Waals surface area (Å²) in [5.74, 6) is -0.577. The topological polar surface area (TPSA) is 101 Å². The van der Waals surface area contributed by atoms with Crippen LogP contribution >= 0.6 is 12.6 Å². The highest BCUT2D eigenvalue weighted by Gasteiger charge is 2.52. The van der Waals surface area contributed by atoms with Crippen molar-refractivity contribution >= 4 is 28.7 Å². The van der Waals surface area contributed by atoms with Crippen molar-refractivity contribution in [1.82, 2.24) is 28.8 Å². The molecule has 1 aromatic heterocycles. The number of likely N-dealkylation sites (N-methyl/N-ethyl adjacent to an activating group) is 1. The van der Waals surface area contributed by atoms with Crippen LogP contribution in [0, 0.1) is 5.92 Å². The van der Waals surface area contributed by atoms with Gasteiger partial charge in [-0.3, -0.25) is 4.79 Å². The molecule has 0 saturated carbocycles. The predicted molar refractivity (Wildman–Crippen MR) is 93.0 cm³/mol. The number of thiol groups is 1. The Morgan fingerprint density at radius 1 is 1.20 bits per heavy atom.